The Hall–Kier alpha value is -0.530. The zero-order valence-electron chi connectivity index (χ0n) is 9.33. The SMILES string of the molecule is Cc1ccccc1C1(N)CCCCC1.Cl. The minimum absolute atomic E-state index is 0. The normalized spacial score (nSPS) is 19.3. The molecule has 2 N–H and O–H groups in total. The van der Waals surface area contributed by atoms with E-state index in [2.05, 4.69) is 31.2 Å². The second-order valence-electron chi connectivity index (χ2n) is 4.53. The highest BCUT2D eigenvalue weighted by Crippen LogP contribution is 2.35. The van der Waals surface area contributed by atoms with Crippen LogP contribution in [0.15, 0.2) is 24.3 Å². The van der Waals surface area contributed by atoms with Crippen molar-refractivity contribution in [2.45, 2.75) is 44.6 Å². The summed E-state index contributed by atoms with van der Waals surface area (Å²) in [5.41, 5.74) is 9.15. The van der Waals surface area contributed by atoms with Crippen LogP contribution in [0.25, 0.3) is 0 Å². The fourth-order valence-corrected chi connectivity index (χ4v) is 2.58. The van der Waals surface area contributed by atoms with Crippen LogP contribution in [0.1, 0.15) is 43.2 Å². The van der Waals surface area contributed by atoms with Crippen molar-refractivity contribution in [2.75, 3.05) is 0 Å². The summed E-state index contributed by atoms with van der Waals surface area (Å²) in [6.07, 6.45) is 6.22. The topological polar surface area (TPSA) is 26.0 Å². The van der Waals surface area contributed by atoms with E-state index >= 15 is 0 Å². The first-order valence-corrected chi connectivity index (χ1v) is 5.57. The zero-order chi connectivity index (χ0) is 10.0. The van der Waals surface area contributed by atoms with E-state index in [1.807, 2.05) is 0 Å². The highest BCUT2D eigenvalue weighted by atomic mass is 35.5. The molecule has 0 radical (unpaired) electrons. The van der Waals surface area contributed by atoms with Crippen molar-refractivity contribution in [3.05, 3.63) is 35.4 Å². The summed E-state index contributed by atoms with van der Waals surface area (Å²) in [4.78, 5) is 0. The van der Waals surface area contributed by atoms with Crippen LogP contribution in [0.3, 0.4) is 0 Å². The predicted octanol–water partition coefficient (Wildman–Crippen LogP) is 3.53. The first-order chi connectivity index (χ1) is 6.72. The Kier molecular flexibility index (Phi) is 4.18. The molecule has 2 rings (SSSR count). The van der Waals surface area contributed by atoms with Gasteiger partial charge in [-0.1, -0.05) is 43.5 Å². The Morgan fingerprint density at radius 3 is 2.27 bits per heavy atom. The van der Waals surface area contributed by atoms with E-state index < -0.39 is 0 Å². The molecule has 2 heteroatoms. The van der Waals surface area contributed by atoms with Gasteiger partial charge in [-0.05, 0) is 30.9 Å². The summed E-state index contributed by atoms with van der Waals surface area (Å²) in [6.45, 7) is 2.17. The van der Waals surface area contributed by atoms with Crippen molar-refractivity contribution in [2.24, 2.45) is 5.73 Å². The zero-order valence-corrected chi connectivity index (χ0v) is 10.1. The summed E-state index contributed by atoms with van der Waals surface area (Å²) in [7, 11) is 0. The number of nitrogens with two attached hydrogens (primary N) is 1. The van der Waals surface area contributed by atoms with E-state index in [-0.39, 0.29) is 17.9 Å². The van der Waals surface area contributed by atoms with Crippen LogP contribution in [0.5, 0.6) is 0 Å². The first kappa shape index (κ1) is 12.5. The molecule has 0 aliphatic heterocycles. The van der Waals surface area contributed by atoms with Gasteiger partial charge in [-0.15, -0.1) is 12.4 Å². The quantitative estimate of drug-likeness (QED) is 0.778. The predicted molar refractivity (Wildman–Crippen MR) is 67.4 cm³/mol. The highest BCUT2D eigenvalue weighted by Gasteiger charge is 2.30. The van der Waals surface area contributed by atoms with Crippen LogP contribution in [-0.4, -0.2) is 0 Å². The maximum absolute atomic E-state index is 6.48. The van der Waals surface area contributed by atoms with E-state index in [0.29, 0.717) is 0 Å². The van der Waals surface area contributed by atoms with Gasteiger partial charge in [0.2, 0.25) is 0 Å². The summed E-state index contributed by atoms with van der Waals surface area (Å²) in [5, 5.41) is 0. The Balaban J connectivity index is 0.00000112. The van der Waals surface area contributed by atoms with Crippen LogP contribution in [0.4, 0.5) is 0 Å². The number of hydrogen-bond donors (Lipinski definition) is 1. The highest BCUT2D eigenvalue weighted by molar-refractivity contribution is 5.85. The molecular weight excluding hydrogens is 206 g/mol. The average molecular weight is 226 g/mol. The van der Waals surface area contributed by atoms with Gasteiger partial charge in [-0.2, -0.15) is 0 Å². The average Bonchev–Trinajstić information content (AvgIpc) is 2.19. The Morgan fingerprint density at radius 2 is 1.67 bits per heavy atom. The molecule has 0 saturated heterocycles. The van der Waals surface area contributed by atoms with Crippen LogP contribution < -0.4 is 5.73 Å². The van der Waals surface area contributed by atoms with Gasteiger partial charge in [0.1, 0.15) is 0 Å². The third-order valence-corrected chi connectivity index (χ3v) is 3.43. The van der Waals surface area contributed by atoms with Gasteiger partial charge in [0.05, 0.1) is 0 Å². The minimum atomic E-state index is -0.0381. The second kappa shape index (κ2) is 5.00. The van der Waals surface area contributed by atoms with E-state index in [9.17, 15) is 0 Å². The van der Waals surface area contributed by atoms with Gasteiger partial charge >= 0.3 is 0 Å². The van der Waals surface area contributed by atoms with E-state index in [1.165, 1.54) is 30.4 Å². The number of rotatable bonds is 1. The van der Waals surface area contributed by atoms with Crippen LogP contribution in [-0.2, 0) is 5.54 Å². The lowest BCUT2D eigenvalue weighted by Gasteiger charge is -2.35. The van der Waals surface area contributed by atoms with E-state index in [0.717, 1.165) is 12.8 Å². The largest absolute Gasteiger partial charge is 0.321 e. The lowest BCUT2D eigenvalue weighted by Crippen LogP contribution is -2.39. The Morgan fingerprint density at radius 1 is 1.07 bits per heavy atom. The summed E-state index contributed by atoms with van der Waals surface area (Å²) in [5.74, 6) is 0. The van der Waals surface area contributed by atoms with Gasteiger partial charge < -0.3 is 5.73 Å². The molecule has 0 atom stereocenters. The molecule has 1 aromatic carbocycles. The molecule has 84 valence electrons. The summed E-state index contributed by atoms with van der Waals surface area (Å²) in [6, 6.07) is 8.55. The molecule has 1 aromatic rings. The van der Waals surface area contributed by atoms with Crippen LogP contribution in [0.2, 0.25) is 0 Å². The number of aryl methyl sites for hydroxylation is 1. The molecule has 0 heterocycles. The van der Waals surface area contributed by atoms with Gasteiger partial charge in [0.15, 0.2) is 0 Å². The van der Waals surface area contributed by atoms with Gasteiger partial charge in [0.25, 0.3) is 0 Å². The van der Waals surface area contributed by atoms with E-state index in [4.69, 9.17) is 5.73 Å². The maximum Gasteiger partial charge on any atom is 0.0412 e. The summed E-state index contributed by atoms with van der Waals surface area (Å²) >= 11 is 0. The molecule has 1 aliphatic rings. The van der Waals surface area contributed by atoms with E-state index in [1.54, 1.807) is 0 Å². The number of hydrogen-bond acceptors (Lipinski definition) is 1. The Labute approximate surface area is 98.5 Å². The van der Waals surface area contributed by atoms with Crippen molar-refractivity contribution < 1.29 is 0 Å². The fraction of sp³-hybridized carbons (Fsp3) is 0.538. The van der Waals surface area contributed by atoms with Crippen molar-refractivity contribution in [3.8, 4) is 0 Å². The van der Waals surface area contributed by atoms with Crippen LogP contribution in [0, 0.1) is 6.92 Å². The Bertz CT molecular complexity index is 316. The smallest absolute Gasteiger partial charge is 0.0412 e. The fourth-order valence-electron chi connectivity index (χ4n) is 2.58. The second-order valence-corrected chi connectivity index (χ2v) is 4.53. The molecule has 1 aliphatic carbocycles. The lowest BCUT2D eigenvalue weighted by molar-refractivity contribution is 0.301. The lowest BCUT2D eigenvalue weighted by atomic mass is 9.76. The molecule has 1 fully saturated rings. The molecule has 0 spiro atoms. The first-order valence-electron chi connectivity index (χ1n) is 5.57. The van der Waals surface area contributed by atoms with Crippen molar-refractivity contribution in [1.82, 2.24) is 0 Å². The molecular formula is C13H20ClN. The molecule has 0 bridgehead atoms. The van der Waals surface area contributed by atoms with Crippen molar-refractivity contribution >= 4 is 12.4 Å². The third-order valence-electron chi connectivity index (χ3n) is 3.43. The third kappa shape index (κ3) is 2.53. The van der Waals surface area contributed by atoms with Crippen molar-refractivity contribution in [1.29, 1.82) is 0 Å². The molecule has 0 amide bonds. The van der Waals surface area contributed by atoms with Gasteiger partial charge in [-0.25, -0.2) is 0 Å². The van der Waals surface area contributed by atoms with Gasteiger partial charge in [-0.3, -0.25) is 0 Å². The van der Waals surface area contributed by atoms with Gasteiger partial charge in [0, 0.05) is 5.54 Å². The summed E-state index contributed by atoms with van der Waals surface area (Å²) < 4.78 is 0. The number of benzene rings is 1. The standard InChI is InChI=1S/C13H19N.ClH/c1-11-7-3-4-8-12(11)13(14)9-5-2-6-10-13;/h3-4,7-8H,2,5-6,9-10,14H2,1H3;1H. The molecule has 0 aromatic heterocycles. The van der Waals surface area contributed by atoms with Crippen molar-refractivity contribution in [3.63, 3.8) is 0 Å². The maximum atomic E-state index is 6.48. The molecule has 15 heavy (non-hydrogen) atoms. The molecule has 1 saturated carbocycles. The van der Waals surface area contributed by atoms with Crippen LogP contribution >= 0.6 is 12.4 Å². The minimum Gasteiger partial charge on any atom is -0.321 e. The molecule has 0 unspecified atom stereocenters. The molecule has 1 nitrogen and oxygen atoms in total. The monoisotopic (exact) mass is 225 g/mol. The number of halogens is 1.